The Morgan fingerprint density at radius 1 is 1.33 bits per heavy atom. The molecule has 15 heavy (non-hydrogen) atoms. The number of carbonyl (C=O) groups excluding carboxylic acids is 1. The molecule has 2 nitrogen and oxygen atoms in total. The summed E-state index contributed by atoms with van der Waals surface area (Å²) in [6.45, 7) is 13.1. The molecule has 4 heteroatoms. The molecule has 0 N–H and O–H groups in total. The van der Waals surface area contributed by atoms with E-state index in [9.17, 15) is 4.79 Å². The highest BCUT2D eigenvalue weighted by molar-refractivity contribution is 8.00. The third-order valence-corrected chi connectivity index (χ3v) is 2.03. The highest BCUT2D eigenvalue weighted by Gasteiger charge is 2.08. The molecule has 0 fully saturated rings. The zero-order valence-corrected chi connectivity index (χ0v) is 11.7. The molecular formula is C11H20NOS2-. The average molecular weight is 246 g/mol. The van der Waals surface area contributed by atoms with Crippen LogP contribution in [0, 0.1) is 0 Å². The molecular weight excluding hydrogens is 226 g/mol. The first-order valence-electron chi connectivity index (χ1n) is 4.86. The number of thiocarbonyl (C=S) groups is 1. The molecule has 0 saturated carbocycles. The molecule has 0 heterocycles. The van der Waals surface area contributed by atoms with Crippen molar-refractivity contribution in [1.29, 1.82) is 0 Å². The number of rotatable bonds is 3. The second kappa shape index (κ2) is 8.80. The lowest BCUT2D eigenvalue weighted by Gasteiger charge is -2.36. The van der Waals surface area contributed by atoms with Gasteiger partial charge in [0, 0.05) is 12.1 Å². The van der Waals surface area contributed by atoms with E-state index in [-0.39, 0.29) is 5.78 Å². The predicted octanol–water partition coefficient (Wildman–Crippen LogP) is 2.70. The number of carbonyl (C=O) groups is 1. The third-order valence-electron chi connectivity index (χ3n) is 1.61. The lowest BCUT2D eigenvalue weighted by atomic mass is 10.2. The van der Waals surface area contributed by atoms with Gasteiger partial charge >= 0.3 is 0 Å². The van der Waals surface area contributed by atoms with Gasteiger partial charge in [-0.25, -0.2) is 0 Å². The van der Waals surface area contributed by atoms with E-state index in [1.165, 1.54) is 13.0 Å². The van der Waals surface area contributed by atoms with Crippen molar-refractivity contribution in [2.75, 3.05) is 0 Å². The molecule has 0 aromatic carbocycles. The van der Waals surface area contributed by atoms with Gasteiger partial charge in [-0.2, -0.15) is 0 Å². The smallest absolute Gasteiger partial charge is 0.152 e. The minimum Gasteiger partial charge on any atom is -0.411 e. The molecule has 0 unspecified atom stereocenters. The lowest BCUT2D eigenvalue weighted by molar-refractivity contribution is -0.112. The van der Waals surface area contributed by atoms with Crippen LogP contribution in [-0.2, 0) is 17.4 Å². The van der Waals surface area contributed by atoms with Crippen LogP contribution in [0.4, 0.5) is 0 Å². The summed E-state index contributed by atoms with van der Waals surface area (Å²) >= 11 is 9.82. The van der Waals surface area contributed by atoms with Crippen LogP contribution in [0.1, 0.15) is 34.6 Å². The van der Waals surface area contributed by atoms with Crippen LogP contribution < -0.4 is 0 Å². The maximum atomic E-state index is 9.69. The molecule has 0 atom stereocenters. The van der Waals surface area contributed by atoms with Crippen LogP contribution in [0.15, 0.2) is 12.7 Å². The van der Waals surface area contributed by atoms with Crippen LogP contribution in [0.25, 0.3) is 0 Å². The quantitative estimate of drug-likeness (QED) is 0.433. The van der Waals surface area contributed by atoms with E-state index >= 15 is 0 Å². The highest BCUT2D eigenvalue weighted by atomic mass is 32.1. The van der Waals surface area contributed by atoms with Gasteiger partial charge in [-0.1, -0.05) is 10.9 Å². The summed E-state index contributed by atoms with van der Waals surface area (Å²) in [6.07, 6.45) is 1.28. The van der Waals surface area contributed by atoms with Crippen molar-refractivity contribution in [2.24, 2.45) is 0 Å². The number of nitrogens with zero attached hydrogens (tertiary/aromatic N) is 1. The van der Waals surface area contributed by atoms with Crippen LogP contribution in [0.5, 0.6) is 0 Å². The van der Waals surface area contributed by atoms with Gasteiger partial charge < -0.3 is 29.7 Å². The van der Waals surface area contributed by atoms with Crippen molar-refractivity contribution in [1.82, 2.24) is 4.90 Å². The summed E-state index contributed by atoms with van der Waals surface area (Å²) < 4.78 is 0.574. The van der Waals surface area contributed by atoms with Gasteiger partial charge in [0.15, 0.2) is 5.78 Å². The fourth-order valence-corrected chi connectivity index (χ4v) is 1.86. The topological polar surface area (TPSA) is 20.3 Å². The summed E-state index contributed by atoms with van der Waals surface area (Å²) in [5.41, 5.74) is 0. The SMILES string of the molecule is C=CC(C)=O.CC(C)N(C(=S)[S-])C(C)C. The monoisotopic (exact) mass is 246 g/mol. The van der Waals surface area contributed by atoms with Gasteiger partial charge in [-0.15, -0.1) is 0 Å². The van der Waals surface area contributed by atoms with E-state index in [2.05, 4.69) is 34.3 Å². The van der Waals surface area contributed by atoms with Gasteiger partial charge in [0.25, 0.3) is 0 Å². The van der Waals surface area contributed by atoms with Crippen molar-refractivity contribution < 1.29 is 4.79 Å². The van der Waals surface area contributed by atoms with Gasteiger partial charge in [0.1, 0.15) is 0 Å². The summed E-state index contributed by atoms with van der Waals surface area (Å²) in [6, 6.07) is 0.843. The van der Waals surface area contributed by atoms with E-state index in [0.29, 0.717) is 16.4 Å². The Kier molecular flexibility index (Phi) is 9.93. The Morgan fingerprint density at radius 2 is 1.60 bits per heavy atom. The Bertz CT molecular complexity index is 217. The molecule has 0 amide bonds. The Morgan fingerprint density at radius 3 is 1.60 bits per heavy atom. The van der Waals surface area contributed by atoms with Crippen molar-refractivity contribution in [3.8, 4) is 0 Å². The zero-order chi connectivity index (χ0) is 12.6. The second-order valence-electron chi connectivity index (χ2n) is 3.68. The van der Waals surface area contributed by atoms with Gasteiger partial charge in [-0.3, -0.25) is 4.79 Å². The minimum atomic E-state index is 0.0185. The Balaban J connectivity index is 0. The Hall–Kier alpha value is -0.480. The first kappa shape index (κ1) is 16.9. The fraction of sp³-hybridized carbons (Fsp3) is 0.636. The molecule has 0 aliphatic rings. The van der Waals surface area contributed by atoms with Gasteiger partial charge in [0.05, 0.1) is 0 Å². The predicted molar refractivity (Wildman–Crippen MR) is 73.0 cm³/mol. The molecule has 0 bridgehead atoms. The average Bonchev–Trinajstić information content (AvgIpc) is 2.02. The molecule has 0 saturated heterocycles. The summed E-state index contributed by atoms with van der Waals surface area (Å²) in [7, 11) is 0. The van der Waals surface area contributed by atoms with E-state index in [1.54, 1.807) is 0 Å². The molecule has 0 aromatic rings. The van der Waals surface area contributed by atoms with E-state index < -0.39 is 0 Å². The molecule has 88 valence electrons. The molecule has 0 aliphatic carbocycles. The number of hydrogen-bond donors (Lipinski definition) is 0. The van der Waals surface area contributed by atoms with E-state index in [4.69, 9.17) is 24.8 Å². The minimum absolute atomic E-state index is 0.0185. The highest BCUT2D eigenvalue weighted by Crippen LogP contribution is 2.05. The van der Waals surface area contributed by atoms with Gasteiger partial charge in [-0.05, 0) is 40.7 Å². The first-order chi connectivity index (χ1) is 6.73. The van der Waals surface area contributed by atoms with E-state index in [0.717, 1.165) is 0 Å². The third kappa shape index (κ3) is 9.82. The van der Waals surface area contributed by atoms with Crippen LogP contribution in [-0.4, -0.2) is 27.1 Å². The summed E-state index contributed by atoms with van der Waals surface area (Å²) in [5.74, 6) is 0.0185. The maximum absolute atomic E-state index is 9.69. The summed E-state index contributed by atoms with van der Waals surface area (Å²) in [5, 5.41) is 0. The standard InChI is InChI=1S/C7H15NS2.C4H6O/c1-5(2)8(6(3)4)7(9)10;1-3-4(2)5/h5-6H,1-4H3,(H,9,10);3H,1H2,2H3/p-1. The largest absolute Gasteiger partial charge is 0.411 e. The van der Waals surface area contributed by atoms with Crippen molar-refractivity contribution >= 4 is 35.0 Å². The van der Waals surface area contributed by atoms with Gasteiger partial charge in [0.2, 0.25) is 0 Å². The zero-order valence-electron chi connectivity index (χ0n) is 10.1. The molecule has 0 radical (unpaired) electrons. The molecule has 0 aromatic heterocycles. The molecule has 0 rings (SSSR count). The number of ketones is 1. The number of hydrogen-bond acceptors (Lipinski definition) is 3. The van der Waals surface area contributed by atoms with Crippen molar-refractivity contribution in [3.05, 3.63) is 12.7 Å². The molecule has 0 spiro atoms. The van der Waals surface area contributed by atoms with Crippen LogP contribution in [0.3, 0.4) is 0 Å². The van der Waals surface area contributed by atoms with Crippen LogP contribution >= 0.6 is 12.2 Å². The lowest BCUT2D eigenvalue weighted by Crippen LogP contribution is -2.39. The summed E-state index contributed by atoms with van der Waals surface area (Å²) in [4.78, 5) is 11.7. The van der Waals surface area contributed by atoms with Crippen molar-refractivity contribution in [2.45, 2.75) is 46.7 Å². The first-order valence-corrected chi connectivity index (χ1v) is 5.68. The Labute approximate surface area is 104 Å². The second-order valence-corrected chi connectivity index (χ2v) is 4.71. The number of allylic oxidation sites excluding steroid dienone is 1. The molecule has 0 aliphatic heterocycles. The van der Waals surface area contributed by atoms with E-state index in [1.807, 2.05) is 4.90 Å². The normalized spacial score (nSPS) is 9.27. The van der Waals surface area contributed by atoms with Crippen LogP contribution in [0.2, 0.25) is 0 Å². The fourth-order valence-electron chi connectivity index (χ4n) is 1.02. The van der Waals surface area contributed by atoms with Crippen molar-refractivity contribution in [3.63, 3.8) is 0 Å². The maximum Gasteiger partial charge on any atom is 0.152 e.